The Morgan fingerprint density at radius 1 is 1.11 bits per heavy atom. The van der Waals surface area contributed by atoms with Crippen molar-refractivity contribution in [3.63, 3.8) is 0 Å². The van der Waals surface area contributed by atoms with Crippen LogP contribution in [-0.2, 0) is 0 Å². The molecule has 0 unspecified atom stereocenters. The largest absolute Gasteiger partial charge is 0.369 e. The number of rotatable bonds is 3. The zero-order valence-corrected chi connectivity index (χ0v) is 17.3. The summed E-state index contributed by atoms with van der Waals surface area (Å²) in [5.74, 6) is -0.343. The molecule has 4 nitrogen and oxygen atoms in total. The Bertz CT molecular complexity index is 842. The molecule has 0 aliphatic carbocycles. The number of nitrogens with one attached hydrogen (secondary N) is 2. The van der Waals surface area contributed by atoms with Gasteiger partial charge in [0.05, 0.1) is 10.0 Å². The van der Waals surface area contributed by atoms with Gasteiger partial charge in [-0.05, 0) is 80.9 Å². The van der Waals surface area contributed by atoms with E-state index in [0.29, 0.717) is 21.7 Å². The Morgan fingerprint density at radius 2 is 1.85 bits per heavy atom. The van der Waals surface area contributed by atoms with E-state index in [2.05, 4.69) is 34.6 Å². The second kappa shape index (κ2) is 8.91. The van der Waals surface area contributed by atoms with E-state index in [4.69, 9.17) is 35.4 Å². The third-order valence-corrected chi connectivity index (χ3v) is 5.61. The maximum Gasteiger partial charge on any atom is 0.257 e. The number of thiocarbonyl (C=S) groups is 1. The van der Waals surface area contributed by atoms with Crippen LogP contribution in [0.4, 0.5) is 11.4 Å². The molecule has 1 atom stereocenters. The lowest BCUT2D eigenvalue weighted by molar-refractivity contribution is 0.0977. The topological polar surface area (TPSA) is 44.4 Å². The van der Waals surface area contributed by atoms with Crippen LogP contribution in [0.5, 0.6) is 0 Å². The summed E-state index contributed by atoms with van der Waals surface area (Å²) in [4.78, 5) is 14.7. The summed E-state index contributed by atoms with van der Waals surface area (Å²) in [6, 6.07) is 13.3. The zero-order chi connectivity index (χ0) is 19.4. The van der Waals surface area contributed by atoms with Gasteiger partial charge in [-0.1, -0.05) is 23.2 Å². The van der Waals surface area contributed by atoms with E-state index in [1.165, 1.54) is 31.0 Å². The first kappa shape index (κ1) is 19.9. The Morgan fingerprint density at radius 3 is 2.52 bits per heavy atom. The lowest BCUT2D eigenvalue weighted by Crippen LogP contribution is -2.37. The van der Waals surface area contributed by atoms with E-state index in [1.54, 1.807) is 12.1 Å². The summed E-state index contributed by atoms with van der Waals surface area (Å²) in [5.41, 5.74) is 2.42. The van der Waals surface area contributed by atoms with Gasteiger partial charge in [-0.15, -0.1) is 0 Å². The van der Waals surface area contributed by atoms with E-state index >= 15 is 0 Å². The molecule has 2 aromatic rings. The quantitative estimate of drug-likeness (QED) is 0.642. The Labute approximate surface area is 174 Å². The zero-order valence-electron chi connectivity index (χ0n) is 15.0. The van der Waals surface area contributed by atoms with Crippen LogP contribution in [0.1, 0.15) is 36.5 Å². The third kappa shape index (κ3) is 5.12. The maximum absolute atomic E-state index is 12.3. The number of benzene rings is 2. The average molecular weight is 422 g/mol. The second-order valence-corrected chi connectivity index (χ2v) is 7.84. The minimum Gasteiger partial charge on any atom is -0.369 e. The van der Waals surface area contributed by atoms with E-state index in [9.17, 15) is 4.79 Å². The molecule has 1 aliphatic rings. The van der Waals surface area contributed by atoms with Crippen LogP contribution < -0.4 is 15.5 Å². The fraction of sp³-hybridized carbons (Fsp3) is 0.300. The first-order valence-electron chi connectivity index (χ1n) is 8.88. The summed E-state index contributed by atoms with van der Waals surface area (Å²) < 4.78 is 0. The van der Waals surface area contributed by atoms with Crippen LogP contribution in [0.2, 0.25) is 10.0 Å². The molecule has 1 aliphatic heterocycles. The number of piperidine rings is 1. The molecule has 3 rings (SSSR count). The van der Waals surface area contributed by atoms with Gasteiger partial charge in [0, 0.05) is 29.5 Å². The number of carbonyl (C=O) groups excluding carboxylic acids is 1. The second-order valence-electron chi connectivity index (χ2n) is 6.62. The van der Waals surface area contributed by atoms with Crippen molar-refractivity contribution in [3.8, 4) is 0 Å². The molecular formula is C20H21Cl2N3OS. The van der Waals surface area contributed by atoms with Gasteiger partial charge in [-0.2, -0.15) is 0 Å². The smallest absolute Gasteiger partial charge is 0.257 e. The highest BCUT2D eigenvalue weighted by Crippen LogP contribution is 2.26. The van der Waals surface area contributed by atoms with Crippen LogP contribution in [0.25, 0.3) is 0 Å². The Kier molecular flexibility index (Phi) is 6.58. The van der Waals surface area contributed by atoms with E-state index < -0.39 is 0 Å². The van der Waals surface area contributed by atoms with Gasteiger partial charge < -0.3 is 10.2 Å². The number of anilines is 2. The molecular weight excluding hydrogens is 401 g/mol. The monoisotopic (exact) mass is 421 g/mol. The Hall–Kier alpha value is -1.82. The molecule has 142 valence electrons. The number of carbonyl (C=O) groups is 1. The van der Waals surface area contributed by atoms with Crippen molar-refractivity contribution in [2.45, 2.75) is 32.2 Å². The SMILES string of the molecule is C[C@H]1CCCCN1c1ccc(NC(=S)NC(=O)c2ccc(Cl)c(Cl)c2)cc1. The van der Waals surface area contributed by atoms with Crippen molar-refractivity contribution >= 4 is 57.8 Å². The minimum atomic E-state index is -0.343. The molecule has 2 N–H and O–H groups in total. The molecule has 0 aromatic heterocycles. The summed E-state index contributed by atoms with van der Waals surface area (Å²) in [7, 11) is 0. The molecule has 1 fully saturated rings. The number of nitrogens with zero attached hydrogens (tertiary/aromatic N) is 1. The van der Waals surface area contributed by atoms with Gasteiger partial charge in [-0.25, -0.2) is 0 Å². The summed E-state index contributed by atoms with van der Waals surface area (Å²) in [6.07, 6.45) is 3.75. The summed E-state index contributed by atoms with van der Waals surface area (Å²) in [5, 5.41) is 6.63. The summed E-state index contributed by atoms with van der Waals surface area (Å²) in [6.45, 7) is 3.35. The van der Waals surface area contributed by atoms with Crippen LogP contribution in [-0.4, -0.2) is 23.6 Å². The highest BCUT2D eigenvalue weighted by atomic mass is 35.5. The van der Waals surface area contributed by atoms with Gasteiger partial charge in [0.15, 0.2) is 5.11 Å². The van der Waals surface area contributed by atoms with Crippen molar-refractivity contribution in [3.05, 3.63) is 58.1 Å². The van der Waals surface area contributed by atoms with Crippen molar-refractivity contribution < 1.29 is 4.79 Å². The highest BCUT2D eigenvalue weighted by molar-refractivity contribution is 7.80. The molecule has 0 spiro atoms. The number of amides is 1. The van der Waals surface area contributed by atoms with E-state index in [-0.39, 0.29) is 11.0 Å². The van der Waals surface area contributed by atoms with Crippen LogP contribution in [0.15, 0.2) is 42.5 Å². The van der Waals surface area contributed by atoms with Gasteiger partial charge >= 0.3 is 0 Å². The molecule has 1 heterocycles. The van der Waals surface area contributed by atoms with Crippen molar-refractivity contribution in [1.29, 1.82) is 0 Å². The lowest BCUT2D eigenvalue weighted by Gasteiger charge is -2.35. The van der Waals surface area contributed by atoms with Crippen LogP contribution in [0.3, 0.4) is 0 Å². The predicted molar refractivity (Wildman–Crippen MR) is 117 cm³/mol. The van der Waals surface area contributed by atoms with Gasteiger partial charge in [-0.3, -0.25) is 10.1 Å². The van der Waals surface area contributed by atoms with Crippen LogP contribution >= 0.6 is 35.4 Å². The minimum absolute atomic E-state index is 0.227. The summed E-state index contributed by atoms with van der Waals surface area (Å²) >= 11 is 17.1. The maximum atomic E-state index is 12.3. The first-order chi connectivity index (χ1) is 12.9. The fourth-order valence-corrected chi connectivity index (χ4v) is 3.70. The molecule has 0 bridgehead atoms. The van der Waals surface area contributed by atoms with E-state index in [1.807, 2.05) is 12.1 Å². The normalized spacial score (nSPS) is 16.7. The van der Waals surface area contributed by atoms with Crippen molar-refractivity contribution in [2.24, 2.45) is 0 Å². The molecule has 0 radical (unpaired) electrons. The number of hydrogen-bond acceptors (Lipinski definition) is 3. The number of halogens is 2. The standard InChI is InChI=1S/C20H21Cl2N3OS/c1-13-4-2-3-11-25(13)16-8-6-15(7-9-16)23-20(27)24-19(26)14-5-10-17(21)18(22)12-14/h5-10,12-13H,2-4,11H2,1H3,(H2,23,24,26,27)/t13-/m0/s1. The lowest BCUT2D eigenvalue weighted by atomic mass is 10.0. The third-order valence-electron chi connectivity index (χ3n) is 4.67. The molecule has 27 heavy (non-hydrogen) atoms. The van der Waals surface area contributed by atoms with Crippen LogP contribution in [0, 0.1) is 0 Å². The average Bonchev–Trinajstić information content (AvgIpc) is 2.65. The molecule has 1 amide bonds. The molecule has 2 aromatic carbocycles. The number of hydrogen-bond donors (Lipinski definition) is 2. The Balaban J connectivity index is 1.59. The molecule has 1 saturated heterocycles. The predicted octanol–water partition coefficient (Wildman–Crippen LogP) is 5.50. The fourth-order valence-electron chi connectivity index (χ4n) is 3.19. The highest BCUT2D eigenvalue weighted by Gasteiger charge is 2.18. The molecule has 7 heteroatoms. The van der Waals surface area contributed by atoms with Gasteiger partial charge in [0.1, 0.15) is 0 Å². The first-order valence-corrected chi connectivity index (χ1v) is 10.0. The van der Waals surface area contributed by atoms with E-state index in [0.717, 1.165) is 12.2 Å². The van der Waals surface area contributed by atoms with Crippen molar-refractivity contribution in [1.82, 2.24) is 5.32 Å². The molecule has 0 saturated carbocycles. The van der Waals surface area contributed by atoms with Crippen molar-refractivity contribution in [2.75, 3.05) is 16.8 Å². The van der Waals surface area contributed by atoms with Gasteiger partial charge in [0.25, 0.3) is 5.91 Å². The van der Waals surface area contributed by atoms with Gasteiger partial charge in [0.2, 0.25) is 0 Å².